The number of hydrogen-bond acceptors (Lipinski definition) is 3. The SMILES string of the molecule is CCCOCCCN1C(=O)C2CCCCN2C(=O)C1CC. The first kappa shape index (κ1) is 16.3. The third-order valence-electron chi connectivity index (χ3n) is 4.44. The van der Waals surface area contributed by atoms with Crippen molar-refractivity contribution < 1.29 is 14.3 Å². The normalized spacial score (nSPS) is 26.2. The summed E-state index contributed by atoms with van der Waals surface area (Å²) >= 11 is 0. The summed E-state index contributed by atoms with van der Waals surface area (Å²) in [5, 5.41) is 0. The first-order valence-electron chi connectivity index (χ1n) is 8.39. The van der Waals surface area contributed by atoms with Gasteiger partial charge in [0, 0.05) is 26.3 Å². The van der Waals surface area contributed by atoms with Gasteiger partial charge in [-0.2, -0.15) is 0 Å². The molecular formula is C16H28N2O3. The van der Waals surface area contributed by atoms with Crippen LogP contribution in [0.1, 0.15) is 52.4 Å². The average Bonchev–Trinajstić information content (AvgIpc) is 2.52. The Morgan fingerprint density at radius 2 is 1.95 bits per heavy atom. The molecule has 0 radical (unpaired) electrons. The van der Waals surface area contributed by atoms with Gasteiger partial charge in [0.05, 0.1) is 0 Å². The average molecular weight is 296 g/mol. The Hall–Kier alpha value is -1.10. The van der Waals surface area contributed by atoms with Gasteiger partial charge in [-0.25, -0.2) is 0 Å². The maximum Gasteiger partial charge on any atom is 0.246 e. The number of piperidine rings is 1. The van der Waals surface area contributed by atoms with Crippen LogP contribution in [0.5, 0.6) is 0 Å². The predicted molar refractivity (Wildman–Crippen MR) is 80.9 cm³/mol. The van der Waals surface area contributed by atoms with Crippen molar-refractivity contribution in [1.29, 1.82) is 0 Å². The van der Waals surface area contributed by atoms with Crippen molar-refractivity contribution in [2.75, 3.05) is 26.3 Å². The predicted octanol–water partition coefficient (Wildman–Crippen LogP) is 1.80. The Morgan fingerprint density at radius 3 is 2.67 bits per heavy atom. The third kappa shape index (κ3) is 3.57. The number of hydrogen-bond donors (Lipinski definition) is 0. The number of rotatable bonds is 7. The smallest absolute Gasteiger partial charge is 0.246 e. The van der Waals surface area contributed by atoms with E-state index in [1.807, 2.05) is 16.7 Å². The highest BCUT2D eigenvalue weighted by atomic mass is 16.5. The summed E-state index contributed by atoms with van der Waals surface area (Å²) in [6.45, 7) is 6.88. The Balaban J connectivity index is 1.97. The van der Waals surface area contributed by atoms with E-state index in [9.17, 15) is 9.59 Å². The highest BCUT2D eigenvalue weighted by molar-refractivity contribution is 5.97. The molecule has 21 heavy (non-hydrogen) atoms. The van der Waals surface area contributed by atoms with E-state index in [4.69, 9.17) is 4.74 Å². The van der Waals surface area contributed by atoms with E-state index < -0.39 is 0 Å². The lowest BCUT2D eigenvalue weighted by Crippen LogP contribution is -2.65. The van der Waals surface area contributed by atoms with Gasteiger partial charge in [-0.05, 0) is 38.5 Å². The summed E-state index contributed by atoms with van der Waals surface area (Å²) in [6.07, 6.45) is 5.41. The van der Waals surface area contributed by atoms with Crippen LogP contribution in [0.25, 0.3) is 0 Å². The van der Waals surface area contributed by atoms with Gasteiger partial charge in [0.1, 0.15) is 12.1 Å². The number of fused-ring (bicyclic) bond motifs is 1. The van der Waals surface area contributed by atoms with E-state index in [0.29, 0.717) is 19.6 Å². The third-order valence-corrected chi connectivity index (χ3v) is 4.44. The van der Waals surface area contributed by atoms with Gasteiger partial charge in [0.15, 0.2) is 0 Å². The van der Waals surface area contributed by atoms with Crippen molar-refractivity contribution in [2.45, 2.75) is 64.5 Å². The second-order valence-corrected chi connectivity index (χ2v) is 5.96. The minimum atomic E-state index is -0.266. The number of ether oxygens (including phenoxy) is 1. The van der Waals surface area contributed by atoms with Gasteiger partial charge < -0.3 is 14.5 Å². The van der Waals surface area contributed by atoms with Crippen LogP contribution in [0, 0.1) is 0 Å². The zero-order valence-corrected chi connectivity index (χ0v) is 13.3. The zero-order valence-electron chi connectivity index (χ0n) is 13.3. The molecule has 2 amide bonds. The standard InChI is InChI=1S/C16H28N2O3/c1-3-11-21-12-7-10-17-13(4-2)15(19)18-9-6-5-8-14(18)16(17)20/h13-14H,3-12H2,1-2H3. The van der Waals surface area contributed by atoms with Gasteiger partial charge in [-0.3, -0.25) is 9.59 Å². The summed E-state index contributed by atoms with van der Waals surface area (Å²) in [5.41, 5.74) is 0. The molecule has 0 N–H and O–H groups in total. The van der Waals surface area contributed by atoms with Crippen molar-refractivity contribution >= 4 is 11.8 Å². The minimum absolute atomic E-state index is 0.149. The molecule has 0 aromatic carbocycles. The van der Waals surface area contributed by atoms with Crippen molar-refractivity contribution in [3.63, 3.8) is 0 Å². The van der Waals surface area contributed by atoms with Crippen molar-refractivity contribution in [1.82, 2.24) is 9.80 Å². The van der Waals surface area contributed by atoms with Crippen molar-refractivity contribution in [2.24, 2.45) is 0 Å². The lowest BCUT2D eigenvalue weighted by molar-refractivity contribution is -0.164. The van der Waals surface area contributed by atoms with E-state index in [0.717, 1.165) is 45.3 Å². The molecule has 2 heterocycles. The summed E-state index contributed by atoms with van der Waals surface area (Å²) in [4.78, 5) is 28.9. The fraction of sp³-hybridized carbons (Fsp3) is 0.875. The molecule has 2 fully saturated rings. The van der Waals surface area contributed by atoms with Crippen molar-refractivity contribution in [3.8, 4) is 0 Å². The molecule has 0 aromatic heterocycles. The molecule has 2 aliphatic heterocycles. The number of nitrogens with zero attached hydrogens (tertiary/aromatic N) is 2. The monoisotopic (exact) mass is 296 g/mol. The fourth-order valence-corrected chi connectivity index (χ4v) is 3.37. The number of carbonyl (C=O) groups is 2. The van der Waals surface area contributed by atoms with Crippen molar-refractivity contribution in [3.05, 3.63) is 0 Å². The van der Waals surface area contributed by atoms with Gasteiger partial charge in [0.25, 0.3) is 0 Å². The lowest BCUT2D eigenvalue weighted by Gasteiger charge is -2.46. The highest BCUT2D eigenvalue weighted by Crippen LogP contribution is 2.27. The second-order valence-electron chi connectivity index (χ2n) is 5.96. The quantitative estimate of drug-likeness (QED) is 0.673. The molecule has 0 aliphatic carbocycles. The van der Waals surface area contributed by atoms with Crippen LogP contribution in [0.2, 0.25) is 0 Å². The Labute approximate surface area is 127 Å². The van der Waals surface area contributed by atoms with Crippen LogP contribution in [0.3, 0.4) is 0 Å². The van der Waals surface area contributed by atoms with Crippen LogP contribution >= 0.6 is 0 Å². The molecular weight excluding hydrogens is 268 g/mol. The van der Waals surface area contributed by atoms with E-state index in [1.54, 1.807) is 0 Å². The Morgan fingerprint density at radius 1 is 1.14 bits per heavy atom. The number of carbonyl (C=O) groups excluding carboxylic acids is 2. The first-order chi connectivity index (χ1) is 10.2. The van der Waals surface area contributed by atoms with Crippen LogP contribution in [-0.4, -0.2) is 60.0 Å². The Kier molecular flexibility index (Phi) is 6.03. The van der Waals surface area contributed by atoms with Crippen LogP contribution < -0.4 is 0 Å². The molecule has 120 valence electrons. The van der Waals surface area contributed by atoms with Crippen LogP contribution in [-0.2, 0) is 14.3 Å². The second kappa shape index (κ2) is 7.78. The zero-order chi connectivity index (χ0) is 15.2. The van der Waals surface area contributed by atoms with Gasteiger partial charge in [0.2, 0.25) is 11.8 Å². The highest BCUT2D eigenvalue weighted by Gasteiger charge is 2.45. The Bertz CT molecular complexity index is 373. The van der Waals surface area contributed by atoms with Gasteiger partial charge in [-0.1, -0.05) is 13.8 Å². The first-order valence-corrected chi connectivity index (χ1v) is 8.39. The summed E-state index contributed by atoms with van der Waals surface area (Å²) < 4.78 is 5.48. The maximum absolute atomic E-state index is 12.7. The summed E-state index contributed by atoms with van der Waals surface area (Å²) in [5.74, 6) is 0.299. The number of piperazine rings is 1. The van der Waals surface area contributed by atoms with E-state index in [2.05, 4.69) is 6.92 Å². The minimum Gasteiger partial charge on any atom is -0.381 e. The molecule has 2 aliphatic rings. The molecule has 2 atom stereocenters. The molecule has 0 spiro atoms. The summed E-state index contributed by atoms with van der Waals surface area (Å²) in [7, 11) is 0. The molecule has 5 nitrogen and oxygen atoms in total. The molecule has 5 heteroatoms. The topological polar surface area (TPSA) is 49.9 Å². The van der Waals surface area contributed by atoms with E-state index in [1.165, 1.54) is 0 Å². The van der Waals surface area contributed by atoms with Crippen LogP contribution in [0.15, 0.2) is 0 Å². The molecule has 2 saturated heterocycles. The molecule has 2 unspecified atom stereocenters. The molecule has 0 aromatic rings. The lowest BCUT2D eigenvalue weighted by atomic mass is 9.94. The maximum atomic E-state index is 12.7. The van der Waals surface area contributed by atoms with Crippen LogP contribution in [0.4, 0.5) is 0 Å². The summed E-state index contributed by atoms with van der Waals surface area (Å²) in [6, 6.07) is -0.469. The van der Waals surface area contributed by atoms with Gasteiger partial charge in [-0.15, -0.1) is 0 Å². The fourth-order valence-electron chi connectivity index (χ4n) is 3.37. The molecule has 2 rings (SSSR count). The largest absolute Gasteiger partial charge is 0.381 e. The van der Waals surface area contributed by atoms with E-state index in [-0.39, 0.29) is 23.9 Å². The molecule has 0 saturated carbocycles. The number of amides is 2. The molecule has 0 bridgehead atoms. The van der Waals surface area contributed by atoms with E-state index >= 15 is 0 Å². The van der Waals surface area contributed by atoms with Gasteiger partial charge >= 0.3 is 0 Å².